The second-order valence-electron chi connectivity index (χ2n) is 8.30. The van der Waals surface area contributed by atoms with E-state index in [4.69, 9.17) is 39.5 Å². The molecule has 1 amide bonds. The number of hydrogen-bond acceptors (Lipinski definition) is 2. The van der Waals surface area contributed by atoms with Gasteiger partial charge in [0.25, 0.3) is 5.91 Å². The third kappa shape index (κ3) is 6.41. The number of ether oxygens (including phenoxy) is 1. The first-order valence-electron chi connectivity index (χ1n) is 10.4. The van der Waals surface area contributed by atoms with Gasteiger partial charge in [0.05, 0.1) is 10.0 Å². The molecule has 168 valence electrons. The second kappa shape index (κ2) is 10.6. The lowest BCUT2D eigenvalue weighted by Crippen LogP contribution is -2.51. The lowest BCUT2D eigenvalue weighted by atomic mass is 9.86. The van der Waals surface area contributed by atoms with Crippen molar-refractivity contribution in [1.29, 1.82) is 0 Å². The van der Waals surface area contributed by atoms with E-state index in [-0.39, 0.29) is 17.9 Å². The largest absolute Gasteiger partial charge is 0.478 e. The molecule has 6 heteroatoms. The van der Waals surface area contributed by atoms with E-state index in [2.05, 4.69) is 17.4 Å². The molecule has 3 aromatic rings. The minimum absolute atomic E-state index is 0.0714. The Hall–Kier alpha value is -2.20. The Labute approximate surface area is 204 Å². The van der Waals surface area contributed by atoms with Gasteiger partial charge in [-0.3, -0.25) is 4.79 Å². The van der Waals surface area contributed by atoms with Gasteiger partial charge >= 0.3 is 0 Å². The summed E-state index contributed by atoms with van der Waals surface area (Å²) in [5, 5.41) is 4.66. The topological polar surface area (TPSA) is 38.3 Å². The minimum atomic E-state index is -1.10. The van der Waals surface area contributed by atoms with Crippen LogP contribution in [0.3, 0.4) is 0 Å². The average Bonchev–Trinajstić information content (AvgIpc) is 2.76. The second-order valence-corrected chi connectivity index (χ2v) is 9.55. The first-order chi connectivity index (χ1) is 15.2. The van der Waals surface area contributed by atoms with Crippen LogP contribution in [0.25, 0.3) is 0 Å². The Morgan fingerprint density at radius 1 is 0.938 bits per heavy atom. The van der Waals surface area contributed by atoms with Crippen molar-refractivity contribution in [3.8, 4) is 5.75 Å². The van der Waals surface area contributed by atoms with E-state index in [1.54, 1.807) is 32.0 Å². The normalized spacial score (nSPS) is 13.3. The predicted molar refractivity (Wildman–Crippen MR) is 133 cm³/mol. The Balaban J connectivity index is 1.76. The monoisotopic (exact) mass is 489 g/mol. The number of hydrogen-bond donors (Lipinski definition) is 1. The lowest BCUT2D eigenvalue weighted by molar-refractivity contribution is -0.135. The lowest BCUT2D eigenvalue weighted by Gasteiger charge is -2.31. The zero-order chi connectivity index (χ0) is 23.3. The summed E-state index contributed by atoms with van der Waals surface area (Å²) in [7, 11) is 0. The van der Waals surface area contributed by atoms with Crippen molar-refractivity contribution in [1.82, 2.24) is 5.32 Å². The third-order valence-corrected chi connectivity index (χ3v) is 6.36. The maximum atomic E-state index is 13.2. The first kappa shape index (κ1) is 24.4. The fraction of sp³-hybridized carbons (Fsp3) is 0.269. The molecule has 3 aromatic carbocycles. The van der Waals surface area contributed by atoms with Crippen LogP contribution in [0.4, 0.5) is 0 Å². The number of carbonyl (C=O) groups is 1. The van der Waals surface area contributed by atoms with Crippen molar-refractivity contribution < 1.29 is 9.53 Å². The molecule has 0 radical (unpaired) electrons. The molecule has 1 N–H and O–H groups in total. The van der Waals surface area contributed by atoms with Crippen LogP contribution in [0.5, 0.6) is 5.75 Å². The minimum Gasteiger partial charge on any atom is -0.478 e. The van der Waals surface area contributed by atoms with Gasteiger partial charge in [-0.15, -0.1) is 0 Å². The summed E-state index contributed by atoms with van der Waals surface area (Å²) < 4.78 is 5.95. The molecule has 0 unspecified atom stereocenters. The Morgan fingerprint density at radius 3 is 2.22 bits per heavy atom. The van der Waals surface area contributed by atoms with E-state index in [0.29, 0.717) is 20.8 Å². The quantitative estimate of drug-likeness (QED) is 0.359. The first-order valence-corrected chi connectivity index (χ1v) is 11.5. The molecule has 0 spiro atoms. The average molecular weight is 491 g/mol. The number of nitrogens with one attached hydrogen (secondary N) is 1. The highest BCUT2D eigenvalue weighted by Crippen LogP contribution is 2.29. The molecule has 3 nitrogen and oxygen atoms in total. The van der Waals surface area contributed by atoms with Crippen molar-refractivity contribution in [2.75, 3.05) is 0 Å². The molecule has 0 aliphatic heterocycles. The molecule has 0 aliphatic rings. The number of benzene rings is 3. The van der Waals surface area contributed by atoms with E-state index in [9.17, 15) is 4.79 Å². The predicted octanol–water partition coefficient (Wildman–Crippen LogP) is 7.34. The van der Waals surface area contributed by atoms with Crippen molar-refractivity contribution in [3.63, 3.8) is 0 Å². The Kier molecular flexibility index (Phi) is 8.10. The summed E-state index contributed by atoms with van der Waals surface area (Å²) in [6.45, 7) is 5.48. The van der Waals surface area contributed by atoms with E-state index in [1.165, 1.54) is 0 Å². The third-order valence-electron chi connectivity index (χ3n) is 5.37. The van der Waals surface area contributed by atoms with Crippen LogP contribution in [0.1, 0.15) is 37.8 Å². The van der Waals surface area contributed by atoms with E-state index >= 15 is 0 Å². The molecular weight excluding hydrogens is 465 g/mol. The summed E-state index contributed by atoms with van der Waals surface area (Å²) in [6, 6.07) is 22.8. The van der Waals surface area contributed by atoms with Gasteiger partial charge in [-0.25, -0.2) is 0 Å². The molecule has 0 fully saturated rings. The van der Waals surface area contributed by atoms with Crippen molar-refractivity contribution >= 4 is 40.7 Å². The molecule has 32 heavy (non-hydrogen) atoms. The molecule has 0 heterocycles. The smallest absolute Gasteiger partial charge is 0.263 e. The number of carbonyl (C=O) groups excluding carboxylic acids is 1. The molecule has 2 atom stereocenters. The van der Waals surface area contributed by atoms with Crippen molar-refractivity contribution in [2.45, 2.75) is 44.8 Å². The summed E-state index contributed by atoms with van der Waals surface area (Å²) in [5.41, 5.74) is 1.20. The van der Waals surface area contributed by atoms with E-state index in [1.807, 2.05) is 49.4 Å². The van der Waals surface area contributed by atoms with Gasteiger partial charge in [0, 0.05) is 23.0 Å². The summed E-state index contributed by atoms with van der Waals surface area (Å²) >= 11 is 18.1. The highest BCUT2D eigenvalue weighted by molar-refractivity contribution is 6.42. The Morgan fingerprint density at radius 2 is 1.59 bits per heavy atom. The van der Waals surface area contributed by atoms with Gasteiger partial charge in [-0.05, 0) is 62.6 Å². The SMILES string of the molecule is C[C@H](NC(=O)C(C)(C)Oc1ccc(Cl)c(Cl)c1)[C@@H](Cc1ccc(Cl)cc1)c1ccccc1. The Bertz CT molecular complexity index is 1050. The maximum absolute atomic E-state index is 13.2. The van der Waals surface area contributed by atoms with Crippen LogP contribution in [0.2, 0.25) is 15.1 Å². The highest BCUT2D eigenvalue weighted by atomic mass is 35.5. The van der Waals surface area contributed by atoms with Gasteiger partial charge < -0.3 is 10.1 Å². The summed E-state index contributed by atoms with van der Waals surface area (Å²) in [4.78, 5) is 13.2. The number of halogens is 3. The van der Waals surface area contributed by atoms with Crippen molar-refractivity contribution in [2.24, 2.45) is 0 Å². The van der Waals surface area contributed by atoms with Gasteiger partial charge in [0.2, 0.25) is 0 Å². The fourth-order valence-corrected chi connectivity index (χ4v) is 3.93. The van der Waals surface area contributed by atoms with Crippen molar-refractivity contribution in [3.05, 3.63) is 99.0 Å². The van der Waals surface area contributed by atoms with Crippen LogP contribution in [-0.2, 0) is 11.2 Å². The zero-order valence-electron chi connectivity index (χ0n) is 18.2. The van der Waals surface area contributed by atoms with E-state index < -0.39 is 5.60 Å². The van der Waals surface area contributed by atoms with E-state index in [0.717, 1.165) is 17.5 Å². The summed E-state index contributed by atoms with van der Waals surface area (Å²) in [5.74, 6) is 0.336. The zero-order valence-corrected chi connectivity index (χ0v) is 20.5. The van der Waals surface area contributed by atoms with Gasteiger partial charge in [-0.2, -0.15) is 0 Å². The van der Waals surface area contributed by atoms with Gasteiger partial charge in [-0.1, -0.05) is 77.3 Å². The van der Waals surface area contributed by atoms with Crippen LogP contribution >= 0.6 is 34.8 Å². The molecule has 0 saturated carbocycles. The number of rotatable bonds is 8. The molecule has 0 aliphatic carbocycles. The molecule has 0 aromatic heterocycles. The van der Waals surface area contributed by atoms with Crippen LogP contribution in [0, 0.1) is 0 Å². The molecule has 0 saturated heterocycles. The standard InChI is InChI=1S/C26H26Cl3NO2/c1-17(30-25(31)26(2,3)32-21-13-14-23(28)24(29)16-21)22(19-7-5-4-6-8-19)15-18-9-11-20(27)12-10-18/h4-14,16-17,22H,15H2,1-3H3,(H,30,31)/t17-,22+/m0/s1. The van der Waals surface area contributed by atoms with Crippen LogP contribution in [-0.4, -0.2) is 17.6 Å². The molecule has 0 bridgehead atoms. The molecule has 3 rings (SSSR count). The van der Waals surface area contributed by atoms with Crippen LogP contribution in [0.15, 0.2) is 72.8 Å². The molecular formula is C26H26Cl3NO2. The fourth-order valence-electron chi connectivity index (χ4n) is 3.52. The van der Waals surface area contributed by atoms with Gasteiger partial charge in [0.15, 0.2) is 5.60 Å². The highest BCUT2D eigenvalue weighted by Gasteiger charge is 2.33. The van der Waals surface area contributed by atoms with Gasteiger partial charge in [0.1, 0.15) is 5.75 Å². The number of amides is 1. The maximum Gasteiger partial charge on any atom is 0.263 e. The van der Waals surface area contributed by atoms with Crippen LogP contribution < -0.4 is 10.1 Å². The summed E-state index contributed by atoms with van der Waals surface area (Å²) in [6.07, 6.45) is 0.761.